The number of carbonyl (C=O) groups is 1. The van der Waals surface area contributed by atoms with Gasteiger partial charge in [-0.15, -0.1) is 0 Å². The maximum Gasteiger partial charge on any atom is 0.410 e. The zero-order chi connectivity index (χ0) is 23.1. The molecule has 2 heterocycles. The minimum Gasteiger partial charge on any atom is -0.490 e. The number of nitriles is 1. The molecular formula is C25H24N4O4. The number of fused-ring (bicyclic) bond motifs is 3. The van der Waals surface area contributed by atoms with E-state index in [1.165, 1.54) is 0 Å². The second-order valence-electron chi connectivity index (χ2n) is 8.55. The number of nitrogens with zero attached hydrogens (tertiary/aromatic N) is 4. The summed E-state index contributed by atoms with van der Waals surface area (Å²) in [5, 5.41) is 13.7. The Morgan fingerprint density at radius 2 is 2.15 bits per heavy atom. The van der Waals surface area contributed by atoms with Gasteiger partial charge in [-0.3, -0.25) is 4.90 Å². The maximum atomic E-state index is 12.3. The molecule has 2 aromatic carbocycles. The molecule has 0 bridgehead atoms. The molecule has 1 aromatic heterocycles. The van der Waals surface area contributed by atoms with E-state index in [2.05, 4.69) is 16.2 Å². The Morgan fingerprint density at radius 3 is 2.91 bits per heavy atom. The molecule has 0 saturated carbocycles. The fourth-order valence-corrected chi connectivity index (χ4v) is 4.65. The van der Waals surface area contributed by atoms with Crippen molar-refractivity contribution in [3.05, 3.63) is 53.1 Å². The first kappa shape index (κ1) is 21.0. The summed E-state index contributed by atoms with van der Waals surface area (Å²) >= 11 is 0. The van der Waals surface area contributed by atoms with Gasteiger partial charge in [-0.2, -0.15) is 10.2 Å². The summed E-state index contributed by atoms with van der Waals surface area (Å²) in [5.41, 5.74) is 4.07. The molecule has 1 aliphatic carbocycles. The Bertz CT molecular complexity index is 1260. The number of aromatic nitrogens is 2. The van der Waals surface area contributed by atoms with Gasteiger partial charge in [0.25, 0.3) is 5.89 Å². The van der Waals surface area contributed by atoms with Crippen molar-refractivity contribution < 1.29 is 18.8 Å². The lowest BCUT2D eigenvalue weighted by molar-refractivity contribution is 0.132. The third-order valence-corrected chi connectivity index (χ3v) is 5.95. The van der Waals surface area contributed by atoms with E-state index in [1.807, 2.05) is 43.9 Å². The molecule has 8 nitrogen and oxygen atoms in total. The topological polar surface area (TPSA) is 101 Å². The van der Waals surface area contributed by atoms with Gasteiger partial charge in [-0.25, -0.2) is 4.79 Å². The van der Waals surface area contributed by atoms with Crippen molar-refractivity contribution in [3.8, 4) is 34.7 Å². The molecule has 1 saturated heterocycles. The Hall–Kier alpha value is -3.86. The number of carbonyl (C=O) groups excluding carboxylic acids is 1. The molecule has 1 fully saturated rings. The van der Waals surface area contributed by atoms with E-state index in [4.69, 9.17) is 14.0 Å². The van der Waals surface area contributed by atoms with Gasteiger partial charge >= 0.3 is 6.09 Å². The van der Waals surface area contributed by atoms with E-state index in [9.17, 15) is 10.1 Å². The smallest absolute Gasteiger partial charge is 0.410 e. The number of ether oxygens (including phenoxy) is 2. The normalized spacial score (nSPS) is 18.8. The highest BCUT2D eigenvalue weighted by molar-refractivity contribution is 5.74. The summed E-state index contributed by atoms with van der Waals surface area (Å²) < 4.78 is 16.9. The number of amides is 1. The molecule has 168 valence electrons. The second-order valence-corrected chi connectivity index (χ2v) is 8.55. The molecule has 5 rings (SSSR count). The monoisotopic (exact) mass is 444 g/mol. The largest absolute Gasteiger partial charge is 0.490 e. The summed E-state index contributed by atoms with van der Waals surface area (Å²) in [5.74, 6) is 1.32. The molecule has 2 aliphatic rings. The van der Waals surface area contributed by atoms with Gasteiger partial charge in [0.05, 0.1) is 17.7 Å². The van der Waals surface area contributed by atoms with E-state index in [0.29, 0.717) is 41.6 Å². The van der Waals surface area contributed by atoms with Crippen LogP contribution in [-0.2, 0) is 11.2 Å². The highest BCUT2D eigenvalue weighted by Gasteiger charge is 2.48. The van der Waals surface area contributed by atoms with E-state index in [0.717, 1.165) is 23.1 Å². The van der Waals surface area contributed by atoms with Crippen molar-refractivity contribution in [2.24, 2.45) is 0 Å². The Kier molecular flexibility index (Phi) is 5.25. The second kappa shape index (κ2) is 8.24. The molecule has 3 aromatic rings. The van der Waals surface area contributed by atoms with Crippen LogP contribution >= 0.6 is 0 Å². The van der Waals surface area contributed by atoms with E-state index < -0.39 is 0 Å². The molecule has 0 N–H and O–H groups in total. The standard InChI is InChI=1S/C25H24N4O4/c1-4-10-29-22-17-6-5-7-18(19(17)12-21(22)32-25(29)30)23-27-24(33-28-23)15-8-9-20(31-14(2)3)16(11-15)13-26/h5-9,11,14,21-22H,4,10,12H2,1-3H3/t21-,22+/m1/s1. The maximum absolute atomic E-state index is 12.3. The zero-order valence-corrected chi connectivity index (χ0v) is 18.7. The third kappa shape index (κ3) is 3.59. The van der Waals surface area contributed by atoms with Gasteiger partial charge in [-0.05, 0) is 49.6 Å². The third-order valence-electron chi connectivity index (χ3n) is 5.95. The first-order valence-electron chi connectivity index (χ1n) is 11.1. The van der Waals surface area contributed by atoms with Crippen LogP contribution < -0.4 is 4.74 Å². The molecule has 1 amide bonds. The van der Waals surface area contributed by atoms with Gasteiger partial charge in [-0.1, -0.05) is 30.3 Å². The lowest BCUT2D eigenvalue weighted by Crippen LogP contribution is -2.28. The lowest BCUT2D eigenvalue weighted by Gasteiger charge is -2.20. The van der Waals surface area contributed by atoms with Crippen molar-refractivity contribution in [1.29, 1.82) is 5.26 Å². The predicted octanol–water partition coefficient (Wildman–Crippen LogP) is 4.89. The van der Waals surface area contributed by atoms with Gasteiger partial charge in [0.15, 0.2) is 0 Å². The van der Waals surface area contributed by atoms with Crippen molar-refractivity contribution >= 4 is 6.09 Å². The molecule has 0 radical (unpaired) electrons. The van der Waals surface area contributed by atoms with Gasteiger partial charge < -0.3 is 14.0 Å². The molecule has 2 atom stereocenters. The van der Waals surface area contributed by atoms with Crippen molar-refractivity contribution in [2.75, 3.05) is 6.54 Å². The predicted molar refractivity (Wildman–Crippen MR) is 119 cm³/mol. The molecule has 33 heavy (non-hydrogen) atoms. The van der Waals surface area contributed by atoms with Crippen LogP contribution in [0.1, 0.15) is 49.9 Å². The lowest BCUT2D eigenvalue weighted by atomic mass is 10.0. The molecule has 1 aliphatic heterocycles. The van der Waals surface area contributed by atoms with Crippen LogP contribution in [0.2, 0.25) is 0 Å². The Balaban J connectivity index is 1.48. The van der Waals surface area contributed by atoms with Gasteiger partial charge in [0.2, 0.25) is 5.82 Å². The molecule has 0 spiro atoms. The van der Waals surface area contributed by atoms with Crippen LogP contribution in [0.15, 0.2) is 40.9 Å². The summed E-state index contributed by atoms with van der Waals surface area (Å²) in [4.78, 5) is 18.7. The summed E-state index contributed by atoms with van der Waals surface area (Å²) in [6.45, 7) is 6.53. The highest BCUT2D eigenvalue weighted by Crippen LogP contribution is 2.45. The number of hydrogen-bond donors (Lipinski definition) is 0. The van der Waals surface area contributed by atoms with E-state index >= 15 is 0 Å². The fourth-order valence-electron chi connectivity index (χ4n) is 4.65. The summed E-state index contributed by atoms with van der Waals surface area (Å²) in [6.07, 6.45) is 1.00. The van der Waals surface area contributed by atoms with Crippen molar-refractivity contribution in [2.45, 2.75) is 51.9 Å². The van der Waals surface area contributed by atoms with Crippen LogP contribution in [0, 0.1) is 11.3 Å². The van der Waals surface area contributed by atoms with Crippen molar-refractivity contribution in [3.63, 3.8) is 0 Å². The highest BCUT2D eigenvalue weighted by atomic mass is 16.6. The summed E-state index contributed by atoms with van der Waals surface area (Å²) in [6, 6.07) is 13.3. The quantitative estimate of drug-likeness (QED) is 0.533. The average molecular weight is 444 g/mol. The first-order valence-corrected chi connectivity index (χ1v) is 11.1. The van der Waals surface area contributed by atoms with Crippen LogP contribution in [0.4, 0.5) is 4.79 Å². The van der Waals surface area contributed by atoms with Crippen molar-refractivity contribution in [1.82, 2.24) is 15.0 Å². The van der Waals surface area contributed by atoms with Crippen LogP contribution in [0.3, 0.4) is 0 Å². The van der Waals surface area contributed by atoms with E-state index in [-0.39, 0.29) is 24.3 Å². The number of hydrogen-bond acceptors (Lipinski definition) is 7. The van der Waals surface area contributed by atoms with Crippen LogP contribution in [0.25, 0.3) is 22.8 Å². The number of benzene rings is 2. The van der Waals surface area contributed by atoms with Gasteiger partial charge in [0.1, 0.15) is 17.9 Å². The molecule has 8 heteroatoms. The van der Waals surface area contributed by atoms with Crippen LogP contribution in [-0.4, -0.2) is 39.9 Å². The SMILES string of the molecule is CCCN1C(=O)O[C@@H]2Cc3c(-c4noc(-c5ccc(OC(C)C)c(C#N)c5)n4)cccc3[C@@H]21. The molecule has 0 unspecified atom stereocenters. The fraction of sp³-hybridized carbons (Fsp3) is 0.360. The average Bonchev–Trinajstić information content (AvgIpc) is 3.49. The Morgan fingerprint density at radius 1 is 1.30 bits per heavy atom. The van der Waals surface area contributed by atoms with Crippen LogP contribution in [0.5, 0.6) is 5.75 Å². The molecular weight excluding hydrogens is 420 g/mol. The minimum absolute atomic E-state index is 0.0369. The zero-order valence-electron chi connectivity index (χ0n) is 18.7. The van der Waals surface area contributed by atoms with E-state index in [1.54, 1.807) is 18.2 Å². The van der Waals surface area contributed by atoms with Gasteiger partial charge in [0, 0.05) is 24.1 Å². The Labute approximate surface area is 191 Å². The first-order chi connectivity index (χ1) is 16.0. The number of rotatable bonds is 6. The minimum atomic E-state index is -0.247. The summed E-state index contributed by atoms with van der Waals surface area (Å²) in [7, 11) is 0.